The van der Waals surface area contributed by atoms with Crippen molar-refractivity contribution in [1.82, 2.24) is 0 Å². The molecule has 0 unspecified atom stereocenters. The van der Waals surface area contributed by atoms with E-state index in [0.717, 1.165) is 24.9 Å². The second kappa shape index (κ2) is 5.75. The first-order chi connectivity index (χ1) is 11.6. The van der Waals surface area contributed by atoms with E-state index in [1.165, 1.54) is 29.1 Å². The summed E-state index contributed by atoms with van der Waals surface area (Å²) in [7, 11) is 0. The number of amidine groups is 1. The van der Waals surface area contributed by atoms with E-state index in [4.69, 9.17) is 0 Å². The third-order valence-electron chi connectivity index (χ3n) is 5.37. The van der Waals surface area contributed by atoms with Crippen LogP contribution in [0.1, 0.15) is 36.0 Å². The van der Waals surface area contributed by atoms with Gasteiger partial charge in [-0.1, -0.05) is 42.5 Å². The van der Waals surface area contributed by atoms with Gasteiger partial charge in [0.2, 0.25) is 0 Å². The molecule has 124 valence electrons. The van der Waals surface area contributed by atoms with Gasteiger partial charge in [-0.15, -0.1) is 0 Å². The van der Waals surface area contributed by atoms with Gasteiger partial charge in [0.15, 0.2) is 6.54 Å². The SMILES string of the molecule is Cc1ccc(C)c(N2C[C@@](O)(c3ccccc3)[N+]3=C2CCCC3)c1. The number of anilines is 1. The number of hydrogen-bond donors (Lipinski definition) is 1. The highest BCUT2D eigenvalue weighted by atomic mass is 16.3. The first-order valence-electron chi connectivity index (χ1n) is 8.86. The molecular weight excluding hydrogens is 296 g/mol. The lowest BCUT2D eigenvalue weighted by atomic mass is 10.0. The van der Waals surface area contributed by atoms with Gasteiger partial charge < -0.3 is 5.11 Å². The Bertz CT molecular complexity index is 797. The van der Waals surface area contributed by atoms with E-state index in [-0.39, 0.29) is 0 Å². The molecule has 0 aliphatic carbocycles. The van der Waals surface area contributed by atoms with Crippen LogP contribution in [0.3, 0.4) is 0 Å². The third kappa shape index (κ3) is 2.35. The fraction of sp³-hybridized carbons (Fsp3) is 0.381. The standard InChI is InChI=1S/C21H25N2O/c1-16-11-12-17(2)19(14-16)22-15-21(24,18-8-4-3-5-9-18)23-13-7-6-10-20(22)23/h3-5,8-9,11-12,14,24H,6-7,10,13,15H2,1-2H3/q+1/t21-/m1/s1. The van der Waals surface area contributed by atoms with Gasteiger partial charge in [-0.2, -0.15) is 0 Å². The molecule has 0 saturated heterocycles. The molecule has 24 heavy (non-hydrogen) atoms. The first-order valence-corrected chi connectivity index (χ1v) is 8.86. The molecule has 3 nitrogen and oxygen atoms in total. The highest BCUT2D eigenvalue weighted by molar-refractivity contribution is 5.96. The zero-order valence-corrected chi connectivity index (χ0v) is 14.5. The Morgan fingerprint density at radius 2 is 1.83 bits per heavy atom. The smallest absolute Gasteiger partial charge is 0.271 e. The highest BCUT2D eigenvalue weighted by Crippen LogP contribution is 2.36. The van der Waals surface area contributed by atoms with Crippen molar-refractivity contribution in [2.45, 2.75) is 38.8 Å². The summed E-state index contributed by atoms with van der Waals surface area (Å²) in [6.07, 6.45) is 3.36. The maximum Gasteiger partial charge on any atom is 0.271 e. The van der Waals surface area contributed by atoms with Crippen molar-refractivity contribution in [3.63, 3.8) is 0 Å². The van der Waals surface area contributed by atoms with Crippen LogP contribution >= 0.6 is 0 Å². The van der Waals surface area contributed by atoms with Crippen LogP contribution in [0.5, 0.6) is 0 Å². The average Bonchev–Trinajstić information content (AvgIpc) is 2.92. The summed E-state index contributed by atoms with van der Waals surface area (Å²) in [6.45, 7) is 5.80. The van der Waals surface area contributed by atoms with E-state index in [2.05, 4.69) is 41.5 Å². The molecule has 2 aromatic carbocycles. The fourth-order valence-corrected chi connectivity index (χ4v) is 4.08. The molecular formula is C21H25N2O+. The van der Waals surface area contributed by atoms with E-state index < -0.39 is 5.72 Å². The maximum atomic E-state index is 11.6. The largest absolute Gasteiger partial charge is 0.346 e. The Labute approximate surface area is 143 Å². The lowest BCUT2D eigenvalue weighted by Gasteiger charge is -2.24. The molecule has 0 saturated carbocycles. The minimum atomic E-state index is -0.937. The molecule has 0 radical (unpaired) electrons. The van der Waals surface area contributed by atoms with Gasteiger partial charge in [0.05, 0.1) is 6.54 Å². The normalized spacial score (nSPS) is 23.5. The summed E-state index contributed by atoms with van der Waals surface area (Å²) in [6, 6.07) is 16.7. The monoisotopic (exact) mass is 321 g/mol. The third-order valence-corrected chi connectivity index (χ3v) is 5.37. The van der Waals surface area contributed by atoms with Crippen molar-refractivity contribution >= 4 is 11.5 Å². The van der Waals surface area contributed by atoms with Crippen LogP contribution in [-0.2, 0) is 5.72 Å². The molecule has 2 heterocycles. The molecule has 0 amide bonds. The van der Waals surface area contributed by atoms with Gasteiger partial charge in [0, 0.05) is 12.0 Å². The number of benzene rings is 2. The summed E-state index contributed by atoms with van der Waals surface area (Å²) >= 11 is 0. The maximum absolute atomic E-state index is 11.6. The predicted molar refractivity (Wildman–Crippen MR) is 97.6 cm³/mol. The van der Waals surface area contributed by atoms with Crippen LogP contribution in [0, 0.1) is 13.8 Å². The molecule has 0 bridgehead atoms. The molecule has 2 aromatic rings. The van der Waals surface area contributed by atoms with E-state index in [0.29, 0.717) is 6.54 Å². The lowest BCUT2D eigenvalue weighted by molar-refractivity contribution is -0.661. The van der Waals surface area contributed by atoms with E-state index in [9.17, 15) is 5.11 Å². The van der Waals surface area contributed by atoms with Gasteiger partial charge in [0.1, 0.15) is 5.69 Å². The second-order valence-electron chi connectivity index (χ2n) is 7.08. The number of nitrogens with zero attached hydrogens (tertiary/aromatic N) is 2. The van der Waals surface area contributed by atoms with Crippen LogP contribution in [0.2, 0.25) is 0 Å². The van der Waals surface area contributed by atoms with Crippen LogP contribution in [0.25, 0.3) is 0 Å². The molecule has 2 aliphatic heterocycles. The average molecular weight is 321 g/mol. The lowest BCUT2D eigenvalue weighted by Crippen LogP contribution is -2.41. The van der Waals surface area contributed by atoms with Gasteiger partial charge in [-0.25, -0.2) is 9.48 Å². The van der Waals surface area contributed by atoms with Crippen LogP contribution < -0.4 is 4.90 Å². The van der Waals surface area contributed by atoms with Gasteiger partial charge in [-0.05, 0) is 43.9 Å². The Balaban J connectivity index is 1.84. The van der Waals surface area contributed by atoms with Crippen LogP contribution in [0.4, 0.5) is 5.69 Å². The topological polar surface area (TPSA) is 26.5 Å². The Morgan fingerprint density at radius 3 is 2.62 bits per heavy atom. The fourth-order valence-electron chi connectivity index (χ4n) is 4.08. The molecule has 0 aromatic heterocycles. The molecule has 4 rings (SSSR count). The van der Waals surface area contributed by atoms with E-state index >= 15 is 0 Å². The number of aliphatic hydroxyl groups is 1. The highest BCUT2D eigenvalue weighted by Gasteiger charge is 2.52. The predicted octanol–water partition coefficient (Wildman–Crippen LogP) is 3.56. The quantitative estimate of drug-likeness (QED) is 0.856. The Kier molecular flexibility index (Phi) is 3.69. The van der Waals surface area contributed by atoms with Crippen LogP contribution in [0.15, 0.2) is 48.5 Å². The van der Waals surface area contributed by atoms with Crippen molar-refractivity contribution in [3.8, 4) is 0 Å². The van der Waals surface area contributed by atoms with Crippen molar-refractivity contribution in [1.29, 1.82) is 0 Å². The van der Waals surface area contributed by atoms with Crippen molar-refractivity contribution in [3.05, 3.63) is 65.2 Å². The first kappa shape index (κ1) is 15.4. The number of aryl methyl sites for hydroxylation is 2. The van der Waals surface area contributed by atoms with E-state index in [1.807, 2.05) is 30.3 Å². The summed E-state index contributed by atoms with van der Waals surface area (Å²) < 4.78 is 2.23. The number of β-amino-alcohol motifs (C(OH)–C–C–N with tert-alkyl or cyclic N) is 1. The Morgan fingerprint density at radius 1 is 1.04 bits per heavy atom. The molecule has 0 fully saturated rings. The number of rotatable bonds is 2. The molecule has 2 aliphatic rings. The van der Waals surface area contributed by atoms with Gasteiger partial charge in [-0.3, -0.25) is 0 Å². The minimum absolute atomic E-state index is 0.594. The molecule has 1 N–H and O–H groups in total. The van der Waals surface area contributed by atoms with Gasteiger partial charge in [0.25, 0.3) is 11.6 Å². The van der Waals surface area contributed by atoms with Crippen LogP contribution in [-0.4, -0.2) is 28.6 Å². The summed E-state index contributed by atoms with van der Waals surface area (Å²) in [4.78, 5) is 2.34. The molecule has 1 atom stereocenters. The minimum Gasteiger partial charge on any atom is -0.346 e. The zero-order chi connectivity index (χ0) is 16.7. The number of hydrogen-bond acceptors (Lipinski definition) is 2. The van der Waals surface area contributed by atoms with Crippen molar-refractivity contribution < 1.29 is 9.68 Å². The van der Waals surface area contributed by atoms with E-state index in [1.54, 1.807) is 0 Å². The molecule has 0 spiro atoms. The summed E-state index contributed by atoms with van der Waals surface area (Å²) in [5.74, 6) is 1.27. The zero-order valence-electron chi connectivity index (χ0n) is 14.5. The van der Waals surface area contributed by atoms with Gasteiger partial charge >= 0.3 is 0 Å². The van der Waals surface area contributed by atoms with Crippen molar-refractivity contribution in [2.24, 2.45) is 0 Å². The van der Waals surface area contributed by atoms with Crippen molar-refractivity contribution in [2.75, 3.05) is 18.0 Å². The second-order valence-corrected chi connectivity index (χ2v) is 7.08. The Hall–Kier alpha value is -2.13. The summed E-state index contributed by atoms with van der Waals surface area (Å²) in [5, 5.41) is 11.6. The summed E-state index contributed by atoms with van der Waals surface area (Å²) in [5.41, 5.74) is 3.79. The molecule has 3 heteroatoms.